The lowest BCUT2D eigenvalue weighted by Crippen LogP contribution is -2.50. The fourth-order valence-corrected chi connectivity index (χ4v) is 3.62. The molecular formula is C18H18N2O. The Hall–Kier alpha value is -2.13. The van der Waals surface area contributed by atoms with Crippen LogP contribution in [0.5, 0.6) is 0 Å². The van der Waals surface area contributed by atoms with Crippen LogP contribution in [0.15, 0.2) is 48.5 Å². The molecule has 3 nitrogen and oxygen atoms in total. The predicted octanol–water partition coefficient (Wildman–Crippen LogP) is 2.33. The van der Waals surface area contributed by atoms with E-state index in [1.807, 2.05) is 35.2 Å². The van der Waals surface area contributed by atoms with Gasteiger partial charge in [-0.3, -0.25) is 4.79 Å². The van der Waals surface area contributed by atoms with Crippen LogP contribution in [0.25, 0.3) is 0 Å². The van der Waals surface area contributed by atoms with Crippen molar-refractivity contribution in [2.75, 3.05) is 0 Å². The van der Waals surface area contributed by atoms with Crippen molar-refractivity contribution in [3.05, 3.63) is 70.8 Å². The van der Waals surface area contributed by atoms with Crippen molar-refractivity contribution >= 4 is 5.91 Å². The summed E-state index contributed by atoms with van der Waals surface area (Å²) in [5.41, 5.74) is 10.4. The van der Waals surface area contributed by atoms with Crippen molar-refractivity contribution < 1.29 is 4.79 Å². The molecule has 1 unspecified atom stereocenters. The number of aryl methyl sites for hydroxylation is 1. The van der Waals surface area contributed by atoms with E-state index in [4.69, 9.17) is 5.73 Å². The fourth-order valence-electron chi connectivity index (χ4n) is 3.62. The van der Waals surface area contributed by atoms with Crippen LogP contribution in [0.1, 0.15) is 28.7 Å². The lowest BCUT2D eigenvalue weighted by molar-refractivity contribution is -0.138. The van der Waals surface area contributed by atoms with Gasteiger partial charge in [0.25, 0.3) is 0 Å². The maximum Gasteiger partial charge on any atom is 0.247 e. The van der Waals surface area contributed by atoms with Crippen LogP contribution < -0.4 is 5.73 Å². The Morgan fingerprint density at radius 1 is 0.952 bits per heavy atom. The SMILES string of the molecule is NC1(C(=O)N2Cc3ccccc3C2)CCc2ccccc21. The van der Waals surface area contributed by atoms with Gasteiger partial charge in [0, 0.05) is 13.1 Å². The van der Waals surface area contributed by atoms with Gasteiger partial charge in [-0.05, 0) is 35.1 Å². The molecule has 0 saturated heterocycles. The van der Waals surface area contributed by atoms with Gasteiger partial charge in [0.05, 0.1) is 0 Å². The Kier molecular flexibility index (Phi) is 2.66. The van der Waals surface area contributed by atoms with Gasteiger partial charge in [0.1, 0.15) is 5.54 Å². The number of fused-ring (bicyclic) bond motifs is 2. The molecule has 3 heteroatoms. The van der Waals surface area contributed by atoms with Gasteiger partial charge in [-0.1, -0.05) is 48.5 Å². The average molecular weight is 278 g/mol. The molecule has 2 aliphatic rings. The number of nitrogens with zero attached hydrogens (tertiary/aromatic N) is 1. The van der Waals surface area contributed by atoms with Crippen LogP contribution in [0.4, 0.5) is 0 Å². The Morgan fingerprint density at radius 3 is 2.19 bits per heavy atom. The minimum absolute atomic E-state index is 0.0589. The Bertz CT molecular complexity index is 700. The first kappa shape index (κ1) is 12.6. The number of hydrogen-bond donors (Lipinski definition) is 1. The van der Waals surface area contributed by atoms with Gasteiger partial charge in [-0.25, -0.2) is 0 Å². The largest absolute Gasteiger partial charge is 0.332 e. The van der Waals surface area contributed by atoms with Crippen molar-refractivity contribution in [1.29, 1.82) is 0 Å². The third kappa shape index (κ3) is 1.81. The number of benzene rings is 2. The zero-order valence-corrected chi connectivity index (χ0v) is 11.9. The maximum absolute atomic E-state index is 13.0. The van der Waals surface area contributed by atoms with Crippen molar-refractivity contribution in [1.82, 2.24) is 4.90 Å². The van der Waals surface area contributed by atoms with Gasteiger partial charge < -0.3 is 10.6 Å². The van der Waals surface area contributed by atoms with E-state index in [0.717, 1.165) is 12.0 Å². The highest BCUT2D eigenvalue weighted by molar-refractivity contribution is 5.89. The second-order valence-corrected chi connectivity index (χ2v) is 6.06. The number of amides is 1. The summed E-state index contributed by atoms with van der Waals surface area (Å²) in [5, 5.41) is 0. The number of carbonyl (C=O) groups is 1. The van der Waals surface area contributed by atoms with Crippen LogP contribution in [-0.2, 0) is 29.8 Å². The number of carbonyl (C=O) groups excluding carboxylic acids is 1. The molecule has 2 aromatic carbocycles. The first-order valence-corrected chi connectivity index (χ1v) is 7.42. The first-order chi connectivity index (χ1) is 10.2. The van der Waals surface area contributed by atoms with Gasteiger partial charge in [0.2, 0.25) is 5.91 Å². The summed E-state index contributed by atoms with van der Waals surface area (Å²) < 4.78 is 0. The average Bonchev–Trinajstić information content (AvgIpc) is 3.09. The summed E-state index contributed by atoms with van der Waals surface area (Å²) in [6, 6.07) is 16.3. The molecule has 0 aromatic heterocycles. The molecule has 1 aliphatic heterocycles. The highest BCUT2D eigenvalue weighted by atomic mass is 16.2. The monoisotopic (exact) mass is 278 g/mol. The van der Waals surface area contributed by atoms with Crippen LogP contribution in [0, 0.1) is 0 Å². The molecule has 4 rings (SSSR count). The molecule has 1 atom stereocenters. The number of nitrogens with two attached hydrogens (primary N) is 1. The van der Waals surface area contributed by atoms with E-state index >= 15 is 0 Å². The van der Waals surface area contributed by atoms with Gasteiger partial charge in [-0.15, -0.1) is 0 Å². The van der Waals surface area contributed by atoms with Crippen molar-refractivity contribution in [3.8, 4) is 0 Å². The summed E-state index contributed by atoms with van der Waals surface area (Å²) in [5.74, 6) is 0.0589. The molecule has 1 heterocycles. The predicted molar refractivity (Wildman–Crippen MR) is 81.3 cm³/mol. The van der Waals surface area contributed by atoms with Gasteiger partial charge in [-0.2, -0.15) is 0 Å². The summed E-state index contributed by atoms with van der Waals surface area (Å²) >= 11 is 0. The molecule has 0 fully saturated rings. The van der Waals surface area contributed by atoms with E-state index in [9.17, 15) is 4.79 Å². The van der Waals surface area contributed by atoms with E-state index in [0.29, 0.717) is 19.5 Å². The van der Waals surface area contributed by atoms with E-state index < -0.39 is 5.54 Å². The molecule has 0 radical (unpaired) electrons. The van der Waals surface area contributed by atoms with E-state index in [1.165, 1.54) is 16.7 Å². The fraction of sp³-hybridized carbons (Fsp3) is 0.278. The third-order valence-electron chi connectivity index (χ3n) is 4.80. The molecule has 2 N–H and O–H groups in total. The standard InChI is InChI=1S/C18H18N2O/c19-18(10-9-13-5-3-4-8-16(13)18)17(21)20-11-14-6-1-2-7-15(14)12-20/h1-8H,9-12,19H2. The van der Waals surface area contributed by atoms with Crippen molar-refractivity contribution in [2.45, 2.75) is 31.5 Å². The normalized spacial score (nSPS) is 23.0. The molecule has 21 heavy (non-hydrogen) atoms. The summed E-state index contributed by atoms with van der Waals surface area (Å²) in [7, 11) is 0. The number of rotatable bonds is 1. The molecular weight excluding hydrogens is 260 g/mol. The lowest BCUT2D eigenvalue weighted by Gasteiger charge is -2.29. The third-order valence-corrected chi connectivity index (χ3v) is 4.80. The minimum atomic E-state index is -0.849. The molecule has 0 spiro atoms. The molecule has 106 valence electrons. The summed E-state index contributed by atoms with van der Waals surface area (Å²) in [4.78, 5) is 14.9. The Balaban J connectivity index is 1.65. The zero-order chi connectivity index (χ0) is 14.4. The second-order valence-electron chi connectivity index (χ2n) is 6.06. The van der Waals surface area contributed by atoms with Crippen molar-refractivity contribution in [3.63, 3.8) is 0 Å². The van der Waals surface area contributed by atoms with Crippen LogP contribution in [0.2, 0.25) is 0 Å². The molecule has 1 aliphatic carbocycles. The lowest BCUT2D eigenvalue weighted by atomic mass is 9.91. The summed E-state index contributed by atoms with van der Waals surface area (Å²) in [6.07, 6.45) is 1.59. The highest BCUT2D eigenvalue weighted by Crippen LogP contribution is 2.37. The Labute approximate surface area is 124 Å². The van der Waals surface area contributed by atoms with Crippen molar-refractivity contribution in [2.24, 2.45) is 5.73 Å². The molecule has 2 aromatic rings. The van der Waals surface area contributed by atoms with Gasteiger partial charge >= 0.3 is 0 Å². The minimum Gasteiger partial charge on any atom is -0.332 e. The smallest absolute Gasteiger partial charge is 0.247 e. The maximum atomic E-state index is 13.0. The Morgan fingerprint density at radius 2 is 1.52 bits per heavy atom. The van der Waals surface area contributed by atoms with E-state index in [-0.39, 0.29) is 5.91 Å². The van der Waals surface area contributed by atoms with E-state index in [2.05, 4.69) is 18.2 Å². The van der Waals surface area contributed by atoms with Crippen LogP contribution in [-0.4, -0.2) is 10.8 Å². The summed E-state index contributed by atoms with van der Waals surface area (Å²) in [6.45, 7) is 1.35. The molecule has 0 bridgehead atoms. The topological polar surface area (TPSA) is 46.3 Å². The first-order valence-electron chi connectivity index (χ1n) is 7.42. The molecule has 1 amide bonds. The highest BCUT2D eigenvalue weighted by Gasteiger charge is 2.44. The zero-order valence-electron chi connectivity index (χ0n) is 11.9. The van der Waals surface area contributed by atoms with Gasteiger partial charge in [0.15, 0.2) is 0 Å². The van der Waals surface area contributed by atoms with E-state index in [1.54, 1.807) is 0 Å². The van der Waals surface area contributed by atoms with Crippen LogP contribution in [0.3, 0.4) is 0 Å². The quantitative estimate of drug-likeness (QED) is 0.870. The number of hydrogen-bond acceptors (Lipinski definition) is 2. The van der Waals surface area contributed by atoms with Crippen LogP contribution >= 0.6 is 0 Å². The second kappa shape index (κ2) is 4.43. The molecule has 0 saturated carbocycles.